The predicted octanol–water partition coefficient (Wildman–Crippen LogP) is 1.23. The number of hydrogen-bond acceptors (Lipinski definition) is 4. The molecule has 1 rings (SSSR count). The number of carbonyl (C=O) groups excluding carboxylic acids is 1. The number of H-pyrrole nitrogens is 1. The van der Waals surface area contributed by atoms with Crippen LogP contribution in [0.2, 0.25) is 0 Å². The van der Waals surface area contributed by atoms with Gasteiger partial charge in [-0.1, -0.05) is 5.16 Å². The van der Waals surface area contributed by atoms with E-state index in [-0.39, 0.29) is 0 Å². The second kappa shape index (κ2) is 3.95. The highest BCUT2D eigenvalue weighted by molar-refractivity contribution is 6.01. The lowest BCUT2D eigenvalue weighted by molar-refractivity contribution is 0.0600. The number of methoxy groups -OCH3 is 1. The van der Waals surface area contributed by atoms with Gasteiger partial charge in [-0.05, 0) is 13.8 Å². The number of aryl methyl sites for hydroxylation is 2. The maximum atomic E-state index is 11.4. The lowest BCUT2D eigenvalue weighted by Gasteiger charge is -1.98. The molecular weight excluding hydrogens is 184 g/mol. The minimum Gasteiger partial charge on any atom is -0.465 e. The van der Waals surface area contributed by atoms with Gasteiger partial charge in [0.2, 0.25) is 0 Å². The number of aromatic nitrogens is 1. The highest BCUT2D eigenvalue weighted by atomic mass is 16.5. The van der Waals surface area contributed by atoms with E-state index in [1.807, 2.05) is 0 Å². The van der Waals surface area contributed by atoms with E-state index in [4.69, 9.17) is 5.21 Å². The molecule has 0 aliphatic heterocycles. The van der Waals surface area contributed by atoms with Gasteiger partial charge in [-0.25, -0.2) is 4.79 Å². The van der Waals surface area contributed by atoms with Crippen LogP contribution in [0, 0.1) is 13.8 Å². The van der Waals surface area contributed by atoms with E-state index in [1.165, 1.54) is 13.3 Å². The normalized spacial score (nSPS) is 10.8. The molecule has 0 spiro atoms. The zero-order valence-electron chi connectivity index (χ0n) is 8.29. The van der Waals surface area contributed by atoms with Crippen LogP contribution in [-0.4, -0.2) is 29.5 Å². The molecule has 1 heterocycles. The van der Waals surface area contributed by atoms with Crippen LogP contribution < -0.4 is 0 Å². The Morgan fingerprint density at radius 2 is 2.14 bits per heavy atom. The summed E-state index contributed by atoms with van der Waals surface area (Å²) in [6.45, 7) is 3.55. The summed E-state index contributed by atoms with van der Waals surface area (Å²) in [4.78, 5) is 14.3. The number of ether oxygens (including phenoxy) is 1. The van der Waals surface area contributed by atoms with E-state index < -0.39 is 5.97 Å². The Morgan fingerprint density at radius 1 is 1.50 bits per heavy atom. The number of oxime groups is 1. The lowest BCUT2D eigenvalue weighted by Crippen LogP contribution is -2.05. The monoisotopic (exact) mass is 196 g/mol. The van der Waals surface area contributed by atoms with E-state index in [2.05, 4.69) is 14.9 Å². The van der Waals surface area contributed by atoms with E-state index in [9.17, 15) is 4.79 Å². The van der Waals surface area contributed by atoms with Gasteiger partial charge in [-0.2, -0.15) is 0 Å². The maximum absolute atomic E-state index is 11.4. The fourth-order valence-corrected chi connectivity index (χ4v) is 1.38. The third-order valence-electron chi connectivity index (χ3n) is 2.00. The van der Waals surface area contributed by atoms with Gasteiger partial charge in [0.1, 0.15) is 0 Å². The summed E-state index contributed by atoms with van der Waals surface area (Å²) in [5, 5.41) is 11.3. The number of carbonyl (C=O) groups is 1. The summed E-state index contributed by atoms with van der Waals surface area (Å²) >= 11 is 0. The van der Waals surface area contributed by atoms with Gasteiger partial charge in [0.25, 0.3) is 0 Å². The van der Waals surface area contributed by atoms with Crippen LogP contribution in [0.5, 0.6) is 0 Å². The van der Waals surface area contributed by atoms with E-state index in [1.54, 1.807) is 13.8 Å². The molecule has 0 unspecified atom stereocenters. The molecule has 0 aromatic carbocycles. The minimum absolute atomic E-state index is 0.405. The van der Waals surface area contributed by atoms with Crippen LogP contribution >= 0.6 is 0 Å². The lowest BCUT2D eigenvalue weighted by atomic mass is 10.1. The van der Waals surface area contributed by atoms with Crippen molar-refractivity contribution in [3.8, 4) is 0 Å². The smallest absolute Gasteiger partial charge is 0.340 e. The van der Waals surface area contributed by atoms with Crippen LogP contribution in [0.15, 0.2) is 5.16 Å². The van der Waals surface area contributed by atoms with Gasteiger partial charge in [-0.3, -0.25) is 0 Å². The molecule has 0 bridgehead atoms. The largest absolute Gasteiger partial charge is 0.465 e. The molecule has 0 fully saturated rings. The molecule has 0 atom stereocenters. The van der Waals surface area contributed by atoms with Crippen molar-refractivity contribution in [2.24, 2.45) is 5.16 Å². The Morgan fingerprint density at radius 3 is 2.64 bits per heavy atom. The topological polar surface area (TPSA) is 74.7 Å². The number of esters is 1. The first-order chi connectivity index (χ1) is 6.61. The van der Waals surface area contributed by atoms with Gasteiger partial charge < -0.3 is 14.9 Å². The molecule has 0 aliphatic carbocycles. The van der Waals surface area contributed by atoms with Crippen molar-refractivity contribution in [2.45, 2.75) is 13.8 Å². The van der Waals surface area contributed by atoms with E-state index in [0.29, 0.717) is 16.8 Å². The summed E-state index contributed by atoms with van der Waals surface area (Å²) in [5.41, 5.74) is 2.42. The second-order valence-electron chi connectivity index (χ2n) is 2.90. The van der Waals surface area contributed by atoms with E-state index >= 15 is 0 Å². The van der Waals surface area contributed by atoms with Crippen LogP contribution in [0.4, 0.5) is 0 Å². The van der Waals surface area contributed by atoms with Crippen molar-refractivity contribution in [1.82, 2.24) is 4.98 Å². The molecule has 76 valence electrons. The zero-order chi connectivity index (χ0) is 10.7. The molecular formula is C9H12N2O3. The van der Waals surface area contributed by atoms with Gasteiger partial charge in [0.15, 0.2) is 0 Å². The SMILES string of the molecule is COC(=O)c1c(C)[nH]c(C)c1/C=N\O. The van der Waals surface area contributed by atoms with Crippen molar-refractivity contribution in [3.63, 3.8) is 0 Å². The third-order valence-corrected chi connectivity index (χ3v) is 2.00. The maximum Gasteiger partial charge on any atom is 0.340 e. The first-order valence-corrected chi connectivity index (χ1v) is 4.06. The molecule has 5 heteroatoms. The fraction of sp³-hybridized carbons (Fsp3) is 0.333. The highest BCUT2D eigenvalue weighted by Crippen LogP contribution is 2.17. The van der Waals surface area contributed by atoms with Gasteiger partial charge in [-0.15, -0.1) is 0 Å². The predicted molar refractivity (Wildman–Crippen MR) is 51.0 cm³/mol. The standard InChI is InChI=1S/C9H12N2O3/c1-5-7(4-10-13)8(6(2)11-5)9(12)14-3/h4,11,13H,1-3H3/b10-4-. The molecule has 1 aromatic rings. The van der Waals surface area contributed by atoms with Gasteiger partial charge in [0.05, 0.1) is 18.9 Å². The van der Waals surface area contributed by atoms with Crippen molar-refractivity contribution in [3.05, 3.63) is 22.5 Å². The second-order valence-corrected chi connectivity index (χ2v) is 2.90. The molecule has 0 saturated carbocycles. The fourth-order valence-electron chi connectivity index (χ4n) is 1.38. The summed E-state index contributed by atoms with van der Waals surface area (Å²) in [7, 11) is 1.31. The Balaban J connectivity index is 3.31. The van der Waals surface area contributed by atoms with Gasteiger partial charge >= 0.3 is 5.97 Å². The van der Waals surface area contributed by atoms with Crippen molar-refractivity contribution >= 4 is 12.2 Å². The number of hydrogen-bond donors (Lipinski definition) is 2. The quantitative estimate of drug-likeness (QED) is 0.323. The number of nitrogens with one attached hydrogen (secondary N) is 1. The summed E-state index contributed by atoms with van der Waals surface area (Å²) in [6, 6.07) is 0. The average Bonchev–Trinajstić information content (AvgIpc) is 2.42. The molecule has 0 amide bonds. The van der Waals surface area contributed by atoms with Crippen LogP contribution in [0.25, 0.3) is 0 Å². The first kappa shape index (κ1) is 10.3. The average molecular weight is 196 g/mol. The number of nitrogens with zero attached hydrogens (tertiary/aromatic N) is 1. The van der Waals surface area contributed by atoms with E-state index in [0.717, 1.165) is 5.69 Å². The summed E-state index contributed by atoms with van der Waals surface area (Å²) < 4.78 is 4.62. The molecule has 2 N–H and O–H groups in total. The highest BCUT2D eigenvalue weighted by Gasteiger charge is 2.18. The van der Waals surface area contributed by atoms with Crippen molar-refractivity contribution < 1.29 is 14.7 Å². The Labute approximate surface area is 81.4 Å². The molecule has 0 aliphatic rings. The Hall–Kier alpha value is -1.78. The van der Waals surface area contributed by atoms with Crippen molar-refractivity contribution in [1.29, 1.82) is 0 Å². The minimum atomic E-state index is -0.443. The zero-order valence-corrected chi connectivity index (χ0v) is 8.29. The summed E-state index contributed by atoms with van der Waals surface area (Å²) in [6.07, 6.45) is 1.21. The van der Waals surface area contributed by atoms with Crippen LogP contribution in [0.1, 0.15) is 27.3 Å². The Bertz CT molecular complexity index is 380. The van der Waals surface area contributed by atoms with Gasteiger partial charge in [0, 0.05) is 17.0 Å². The number of aromatic amines is 1. The van der Waals surface area contributed by atoms with Crippen LogP contribution in [-0.2, 0) is 4.74 Å². The molecule has 0 radical (unpaired) electrons. The molecule has 5 nitrogen and oxygen atoms in total. The Kier molecular flexibility index (Phi) is 2.91. The van der Waals surface area contributed by atoms with Crippen molar-refractivity contribution in [2.75, 3.05) is 7.11 Å². The van der Waals surface area contributed by atoms with Crippen LogP contribution in [0.3, 0.4) is 0 Å². The molecule has 0 saturated heterocycles. The summed E-state index contributed by atoms with van der Waals surface area (Å²) in [5.74, 6) is -0.443. The molecule has 1 aromatic heterocycles. The molecule has 14 heavy (non-hydrogen) atoms. The third kappa shape index (κ3) is 1.61. The first-order valence-electron chi connectivity index (χ1n) is 4.06. The number of rotatable bonds is 2.